The Bertz CT molecular complexity index is 296. The molecule has 0 saturated heterocycles. The minimum Gasteiger partial charge on any atom is -0.490 e. The predicted octanol–water partition coefficient (Wildman–Crippen LogP) is 3.00. The molecule has 0 N–H and O–H groups in total. The first kappa shape index (κ1) is 9.13. The summed E-state index contributed by atoms with van der Waals surface area (Å²) < 4.78 is 17.0. The van der Waals surface area contributed by atoms with Crippen LogP contribution in [0.3, 0.4) is 0 Å². The summed E-state index contributed by atoms with van der Waals surface area (Å²) in [6, 6.07) is 0. The van der Waals surface area contributed by atoms with Gasteiger partial charge in [-0.25, -0.2) is 0 Å². The van der Waals surface area contributed by atoms with Crippen LogP contribution in [0, 0.1) is 6.61 Å². The second-order valence-electron chi connectivity index (χ2n) is 4.10. The van der Waals surface area contributed by atoms with Crippen molar-refractivity contribution in [2.24, 2.45) is 0 Å². The molecule has 3 aliphatic rings. The first-order valence-electron chi connectivity index (χ1n) is 5.66. The summed E-state index contributed by atoms with van der Waals surface area (Å²) in [5.74, 6) is 4.07. The smallest absolute Gasteiger partial charge is 0.172 e. The summed E-state index contributed by atoms with van der Waals surface area (Å²) in [6.07, 6.45) is 6.29. The molecule has 0 unspecified atom stereocenters. The fraction of sp³-hybridized carbons (Fsp3) is 0.583. The van der Waals surface area contributed by atoms with Crippen molar-refractivity contribution in [1.29, 1.82) is 0 Å². The maximum absolute atomic E-state index is 5.91. The van der Waals surface area contributed by atoms with E-state index in [1.807, 2.05) is 0 Å². The van der Waals surface area contributed by atoms with Crippen molar-refractivity contribution in [2.75, 3.05) is 6.61 Å². The largest absolute Gasteiger partial charge is 0.490 e. The molecule has 0 atom stereocenters. The zero-order valence-electron chi connectivity index (χ0n) is 8.75. The van der Waals surface area contributed by atoms with Crippen LogP contribution in [0.2, 0.25) is 0 Å². The molecule has 0 saturated carbocycles. The van der Waals surface area contributed by atoms with Gasteiger partial charge in [-0.15, -0.1) is 0 Å². The van der Waals surface area contributed by atoms with E-state index in [2.05, 4.69) is 0 Å². The highest BCUT2D eigenvalue weighted by atomic mass is 16.6. The summed E-state index contributed by atoms with van der Waals surface area (Å²) in [5, 5.41) is 0. The predicted molar refractivity (Wildman–Crippen MR) is 54.2 cm³/mol. The number of ether oxygens (including phenoxy) is 3. The van der Waals surface area contributed by atoms with Gasteiger partial charge in [0.25, 0.3) is 0 Å². The second-order valence-corrected chi connectivity index (χ2v) is 4.10. The van der Waals surface area contributed by atoms with Crippen LogP contribution < -0.4 is 0 Å². The van der Waals surface area contributed by atoms with Gasteiger partial charge < -0.3 is 14.2 Å². The zero-order valence-corrected chi connectivity index (χ0v) is 8.75. The van der Waals surface area contributed by atoms with E-state index in [-0.39, 0.29) is 0 Å². The van der Waals surface area contributed by atoms with Crippen LogP contribution >= 0.6 is 0 Å². The Labute approximate surface area is 89.7 Å². The van der Waals surface area contributed by atoms with Gasteiger partial charge >= 0.3 is 0 Å². The first-order valence-corrected chi connectivity index (χ1v) is 5.66. The van der Waals surface area contributed by atoms with E-state index in [9.17, 15) is 0 Å². The molecule has 2 aliphatic carbocycles. The van der Waals surface area contributed by atoms with Crippen molar-refractivity contribution in [3.8, 4) is 0 Å². The minimum absolute atomic E-state index is 0.527. The van der Waals surface area contributed by atoms with E-state index in [1.165, 1.54) is 0 Å². The SMILES string of the molecule is [CH]1COC2=C(CCC2)OC2=C(CCC2)O1. The van der Waals surface area contributed by atoms with Crippen LogP contribution in [-0.2, 0) is 14.2 Å². The molecule has 0 aromatic carbocycles. The molecule has 0 fully saturated rings. The van der Waals surface area contributed by atoms with Crippen LogP contribution in [0.4, 0.5) is 0 Å². The van der Waals surface area contributed by atoms with Gasteiger partial charge in [-0.3, -0.25) is 0 Å². The monoisotopic (exact) mass is 207 g/mol. The highest BCUT2D eigenvalue weighted by Crippen LogP contribution is 2.36. The molecule has 3 nitrogen and oxygen atoms in total. The molecule has 1 heterocycles. The number of allylic oxidation sites excluding steroid dienone is 4. The molecular formula is C12H15O3. The van der Waals surface area contributed by atoms with Crippen LogP contribution in [0.5, 0.6) is 0 Å². The normalized spacial score (nSPS) is 25.6. The van der Waals surface area contributed by atoms with Gasteiger partial charge in [0.05, 0.1) is 0 Å². The molecule has 0 amide bonds. The van der Waals surface area contributed by atoms with Crippen molar-refractivity contribution in [3.05, 3.63) is 29.6 Å². The van der Waals surface area contributed by atoms with E-state index in [0.717, 1.165) is 61.6 Å². The summed E-state index contributed by atoms with van der Waals surface area (Å²) >= 11 is 0. The molecular weight excluding hydrogens is 192 g/mol. The highest BCUT2D eigenvalue weighted by Gasteiger charge is 2.25. The molecule has 0 spiro atoms. The van der Waals surface area contributed by atoms with Crippen LogP contribution in [-0.4, -0.2) is 6.61 Å². The molecule has 0 aromatic heterocycles. The van der Waals surface area contributed by atoms with Crippen LogP contribution in [0.25, 0.3) is 0 Å². The molecule has 0 aromatic rings. The summed E-state index contributed by atoms with van der Waals surface area (Å²) in [6.45, 7) is 2.26. The Morgan fingerprint density at radius 3 is 2.33 bits per heavy atom. The third-order valence-corrected chi connectivity index (χ3v) is 3.03. The Morgan fingerprint density at radius 2 is 1.47 bits per heavy atom. The first-order chi connectivity index (χ1) is 7.43. The van der Waals surface area contributed by atoms with Gasteiger partial charge in [0, 0.05) is 25.7 Å². The number of hydrogen-bond acceptors (Lipinski definition) is 3. The van der Waals surface area contributed by atoms with E-state index in [1.54, 1.807) is 6.61 Å². The number of rotatable bonds is 0. The maximum Gasteiger partial charge on any atom is 0.172 e. The topological polar surface area (TPSA) is 27.7 Å². The van der Waals surface area contributed by atoms with Crippen LogP contribution in [0.1, 0.15) is 38.5 Å². The minimum atomic E-state index is 0.527. The standard InChI is InChI=1S/C12H15O3/c1-3-9-11(5-1)15-12-6-2-4-10(12)14-8-7-13-9/h7H,1-6,8H2. The molecule has 1 aliphatic heterocycles. The average molecular weight is 207 g/mol. The van der Waals surface area contributed by atoms with Crippen molar-refractivity contribution in [1.82, 2.24) is 0 Å². The third-order valence-electron chi connectivity index (χ3n) is 3.03. The zero-order chi connectivity index (χ0) is 10.1. The molecule has 1 radical (unpaired) electrons. The molecule has 15 heavy (non-hydrogen) atoms. The average Bonchev–Trinajstić information content (AvgIpc) is 2.82. The van der Waals surface area contributed by atoms with E-state index >= 15 is 0 Å². The lowest BCUT2D eigenvalue weighted by molar-refractivity contribution is 0.159. The van der Waals surface area contributed by atoms with E-state index in [4.69, 9.17) is 14.2 Å². The van der Waals surface area contributed by atoms with Crippen molar-refractivity contribution in [3.63, 3.8) is 0 Å². The molecule has 3 heteroatoms. The third kappa shape index (κ3) is 1.71. The summed E-state index contributed by atoms with van der Waals surface area (Å²) in [5.41, 5.74) is 0. The number of hydrogen-bond donors (Lipinski definition) is 0. The molecule has 81 valence electrons. The van der Waals surface area contributed by atoms with Gasteiger partial charge in [-0.05, 0) is 12.8 Å². The van der Waals surface area contributed by atoms with Crippen molar-refractivity contribution < 1.29 is 14.2 Å². The quantitative estimate of drug-likeness (QED) is 0.611. The lowest BCUT2D eigenvalue weighted by Crippen LogP contribution is -1.97. The Morgan fingerprint density at radius 1 is 0.800 bits per heavy atom. The highest BCUT2D eigenvalue weighted by molar-refractivity contribution is 5.16. The van der Waals surface area contributed by atoms with Crippen molar-refractivity contribution >= 4 is 0 Å². The lowest BCUT2D eigenvalue weighted by atomic mass is 10.3. The summed E-state index contributed by atoms with van der Waals surface area (Å²) in [7, 11) is 0. The van der Waals surface area contributed by atoms with E-state index in [0.29, 0.717) is 6.61 Å². The van der Waals surface area contributed by atoms with Gasteiger partial charge in [-0.2, -0.15) is 0 Å². The Kier molecular flexibility index (Phi) is 2.31. The Hall–Kier alpha value is -1.12. The fourth-order valence-electron chi connectivity index (χ4n) is 2.29. The van der Waals surface area contributed by atoms with Gasteiger partial charge in [0.1, 0.15) is 29.6 Å². The van der Waals surface area contributed by atoms with Gasteiger partial charge in [-0.1, -0.05) is 0 Å². The Balaban J connectivity index is 1.86. The van der Waals surface area contributed by atoms with Gasteiger partial charge in [0.2, 0.25) is 0 Å². The second kappa shape index (κ2) is 3.80. The maximum atomic E-state index is 5.91. The van der Waals surface area contributed by atoms with Gasteiger partial charge in [0.15, 0.2) is 6.61 Å². The van der Waals surface area contributed by atoms with Crippen molar-refractivity contribution in [2.45, 2.75) is 38.5 Å². The molecule has 3 rings (SSSR count). The molecule has 0 bridgehead atoms. The van der Waals surface area contributed by atoms with E-state index < -0.39 is 0 Å². The fourth-order valence-corrected chi connectivity index (χ4v) is 2.29. The van der Waals surface area contributed by atoms with Crippen LogP contribution in [0.15, 0.2) is 23.0 Å². The summed E-state index contributed by atoms with van der Waals surface area (Å²) in [4.78, 5) is 0. The lowest BCUT2D eigenvalue weighted by Gasteiger charge is -2.09.